The van der Waals surface area contributed by atoms with Crippen molar-refractivity contribution in [1.82, 2.24) is 15.3 Å². The van der Waals surface area contributed by atoms with E-state index in [4.69, 9.17) is 20.5 Å². The molecule has 2 amide bonds. The van der Waals surface area contributed by atoms with Crippen molar-refractivity contribution < 1.29 is 23.9 Å². The molecule has 0 radical (unpaired) electrons. The molecule has 1 atom stereocenters. The molecule has 0 saturated heterocycles. The number of carbonyl (C=O) groups excluding carboxylic acids is 3. The SMILES string of the molecule is CC(C)(C)OC(=O)N[C@@H](Cc1nc(-c2nc(C(N)=O)cs2)cs1)C(=O)OCC#N. The molecule has 29 heavy (non-hydrogen) atoms. The van der Waals surface area contributed by atoms with Crippen LogP contribution in [0.4, 0.5) is 4.79 Å². The Balaban J connectivity index is 2.14. The van der Waals surface area contributed by atoms with Gasteiger partial charge in [-0.25, -0.2) is 19.6 Å². The van der Waals surface area contributed by atoms with Crippen molar-refractivity contribution in [3.8, 4) is 16.8 Å². The number of hydrogen-bond donors (Lipinski definition) is 2. The summed E-state index contributed by atoms with van der Waals surface area (Å²) in [6.45, 7) is 4.63. The van der Waals surface area contributed by atoms with Crippen LogP contribution in [0.15, 0.2) is 10.8 Å². The monoisotopic (exact) mass is 437 g/mol. The standard InChI is InChI=1S/C17H19N5O5S2/c1-17(2,3)27-16(25)22-9(15(24)26-5-4-18)6-12-20-11(8-28-12)14-21-10(7-29-14)13(19)23/h7-9H,5-6H2,1-3H3,(H2,19,23)(H,22,25)/t9-/m0/s1. The lowest BCUT2D eigenvalue weighted by Gasteiger charge is -2.22. The minimum Gasteiger partial charge on any atom is -0.449 e. The van der Waals surface area contributed by atoms with Gasteiger partial charge in [-0.3, -0.25) is 4.79 Å². The van der Waals surface area contributed by atoms with Gasteiger partial charge in [-0.15, -0.1) is 22.7 Å². The second kappa shape index (κ2) is 9.44. The predicted octanol–water partition coefficient (Wildman–Crippen LogP) is 1.87. The highest BCUT2D eigenvalue weighted by atomic mass is 32.1. The molecular weight excluding hydrogens is 418 g/mol. The third-order valence-corrected chi connectivity index (χ3v) is 4.90. The van der Waals surface area contributed by atoms with Crippen LogP contribution < -0.4 is 11.1 Å². The quantitative estimate of drug-likeness (QED) is 0.621. The van der Waals surface area contributed by atoms with E-state index in [0.29, 0.717) is 15.7 Å². The third-order valence-electron chi connectivity index (χ3n) is 3.16. The van der Waals surface area contributed by atoms with Gasteiger partial charge in [0.25, 0.3) is 5.91 Å². The van der Waals surface area contributed by atoms with E-state index < -0.39 is 36.2 Å². The van der Waals surface area contributed by atoms with Gasteiger partial charge in [0.15, 0.2) is 6.61 Å². The number of nitriles is 1. The molecule has 154 valence electrons. The first kappa shape index (κ1) is 22.3. The van der Waals surface area contributed by atoms with Crippen LogP contribution in [-0.2, 0) is 20.7 Å². The number of primary amides is 1. The topological polar surface area (TPSA) is 157 Å². The van der Waals surface area contributed by atoms with Gasteiger partial charge in [0.05, 0.1) is 5.01 Å². The molecule has 2 aromatic rings. The largest absolute Gasteiger partial charge is 0.449 e. The minimum atomic E-state index is -1.09. The normalized spacial score (nSPS) is 11.9. The number of carbonyl (C=O) groups is 3. The van der Waals surface area contributed by atoms with Crippen molar-refractivity contribution >= 4 is 40.6 Å². The van der Waals surface area contributed by atoms with Gasteiger partial charge in [0.1, 0.15) is 34.1 Å². The number of esters is 1. The van der Waals surface area contributed by atoms with Gasteiger partial charge in [0.2, 0.25) is 0 Å². The molecule has 12 heteroatoms. The Kier molecular flexibility index (Phi) is 7.24. The molecule has 0 unspecified atom stereocenters. The van der Waals surface area contributed by atoms with Crippen molar-refractivity contribution in [1.29, 1.82) is 5.26 Å². The van der Waals surface area contributed by atoms with E-state index >= 15 is 0 Å². The zero-order chi connectivity index (χ0) is 21.6. The fourth-order valence-electron chi connectivity index (χ4n) is 2.03. The van der Waals surface area contributed by atoms with Gasteiger partial charge < -0.3 is 20.5 Å². The number of thiazole rings is 2. The van der Waals surface area contributed by atoms with E-state index in [1.54, 1.807) is 32.2 Å². The summed E-state index contributed by atoms with van der Waals surface area (Å²) in [6.07, 6.45) is -0.762. The molecule has 2 rings (SSSR count). The van der Waals surface area contributed by atoms with E-state index in [2.05, 4.69) is 15.3 Å². The van der Waals surface area contributed by atoms with Crippen LogP contribution in [0.2, 0.25) is 0 Å². The smallest absolute Gasteiger partial charge is 0.408 e. The molecule has 0 saturated carbocycles. The molecule has 0 bridgehead atoms. The van der Waals surface area contributed by atoms with Gasteiger partial charge in [-0.05, 0) is 20.8 Å². The highest BCUT2D eigenvalue weighted by molar-refractivity contribution is 7.14. The minimum absolute atomic E-state index is 0.0300. The molecule has 2 heterocycles. The average molecular weight is 438 g/mol. The average Bonchev–Trinajstić information content (AvgIpc) is 3.26. The van der Waals surface area contributed by atoms with Crippen molar-refractivity contribution in [2.75, 3.05) is 6.61 Å². The first-order valence-corrected chi connectivity index (χ1v) is 10.1. The Morgan fingerprint density at radius 1 is 1.28 bits per heavy atom. The van der Waals surface area contributed by atoms with Crippen LogP contribution in [-0.4, -0.2) is 46.2 Å². The van der Waals surface area contributed by atoms with Gasteiger partial charge in [-0.1, -0.05) is 0 Å². The van der Waals surface area contributed by atoms with Crippen molar-refractivity contribution in [3.63, 3.8) is 0 Å². The second-order valence-corrected chi connectivity index (χ2v) is 8.50. The zero-order valence-corrected chi connectivity index (χ0v) is 17.6. The molecule has 0 aliphatic rings. The second-order valence-electron chi connectivity index (χ2n) is 6.70. The Morgan fingerprint density at radius 3 is 2.59 bits per heavy atom. The van der Waals surface area contributed by atoms with Crippen LogP contribution in [0.5, 0.6) is 0 Å². The molecule has 0 aliphatic carbocycles. The van der Waals surface area contributed by atoms with Crippen molar-refractivity contribution in [3.05, 3.63) is 21.5 Å². The van der Waals surface area contributed by atoms with E-state index in [-0.39, 0.29) is 12.1 Å². The Hall–Kier alpha value is -3.04. The fraction of sp³-hybridized carbons (Fsp3) is 0.412. The van der Waals surface area contributed by atoms with E-state index in [0.717, 1.165) is 0 Å². The summed E-state index contributed by atoms with van der Waals surface area (Å²) in [5.74, 6) is -1.41. The summed E-state index contributed by atoms with van der Waals surface area (Å²) in [7, 11) is 0. The molecule has 0 aromatic carbocycles. The maximum Gasteiger partial charge on any atom is 0.408 e. The maximum atomic E-state index is 12.2. The fourth-order valence-corrected chi connectivity index (χ4v) is 3.70. The number of hydrogen-bond acceptors (Lipinski definition) is 10. The Bertz CT molecular complexity index is 941. The first-order valence-electron chi connectivity index (χ1n) is 8.32. The first-order chi connectivity index (χ1) is 13.6. The highest BCUT2D eigenvalue weighted by Crippen LogP contribution is 2.26. The summed E-state index contributed by atoms with van der Waals surface area (Å²) in [5.41, 5.74) is 5.11. The molecule has 3 N–H and O–H groups in total. The summed E-state index contributed by atoms with van der Waals surface area (Å²) in [6, 6.07) is 0.613. The van der Waals surface area contributed by atoms with Crippen LogP contribution >= 0.6 is 22.7 Å². The summed E-state index contributed by atoms with van der Waals surface area (Å²) in [4.78, 5) is 44.0. The summed E-state index contributed by atoms with van der Waals surface area (Å²) < 4.78 is 9.99. The van der Waals surface area contributed by atoms with Crippen molar-refractivity contribution in [2.45, 2.75) is 38.8 Å². The van der Waals surface area contributed by atoms with E-state index in [1.807, 2.05) is 0 Å². The number of amides is 2. The number of rotatable bonds is 7. The van der Waals surface area contributed by atoms with E-state index in [1.165, 1.54) is 28.1 Å². The van der Waals surface area contributed by atoms with Crippen molar-refractivity contribution in [2.24, 2.45) is 5.73 Å². The lowest BCUT2D eigenvalue weighted by molar-refractivity contribution is -0.144. The lowest BCUT2D eigenvalue weighted by Crippen LogP contribution is -2.45. The number of nitrogens with one attached hydrogen (secondary N) is 1. The van der Waals surface area contributed by atoms with E-state index in [9.17, 15) is 14.4 Å². The molecular formula is C17H19N5O5S2. The van der Waals surface area contributed by atoms with Gasteiger partial charge in [0, 0.05) is 17.2 Å². The molecule has 10 nitrogen and oxygen atoms in total. The highest BCUT2D eigenvalue weighted by Gasteiger charge is 2.27. The summed E-state index contributed by atoms with van der Waals surface area (Å²) in [5, 5.41) is 15.3. The molecule has 0 aliphatic heterocycles. The van der Waals surface area contributed by atoms with Crippen LogP contribution in [0.3, 0.4) is 0 Å². The molecule has 0 spiro atoms. The third kappa shape index (κ3) is 6.81. The summed E-state index contributed by atoms with van der Waals surface area (Å²) >= 11 is 2.46. The number of ether oxygens (including phenoxy) is 2. The van der Waals surface area contributed by atoms with Gasteiger partial charge in [-0.2, -0.15) is 5.26 Å². The predicted molar refractivity (Wildman–Crippen MR) is 105 cm³/mol. The number of nitrogens with two attached hydrogens (primary N) is 1. The van der Waals surface area contributed by atoms with Crippen LogP contribution in [0.1, 0.15) is 36.3 Å². The number of nitrogens with zero attached hydrogens (tertiary/aromatic N) is 3. The molecule has 0 fully saturated rings. The lowest BCUT2D eigenvalue weighted by atomic mass is 10.2. The van der Waals surface area contributed by atoms with Crippen LogP contribution in [0, 0.1) is 11.3 Å². The molecule has 2 aromatic heterocycles. The number of alkyl carbamates (subject to hydrolysis) is 1. The Morgan fingerprint density at radius 2 is 2.00 bits per heavy atom. The van der Waals surface area contributed by atoms with Crippen LogP contribution in [0.25, 0.3) is 10.7 Å². The van der Waals surface area contributed by atoms with Gasteiger partial charge >= 0.3 is 12.1 Å². The maximum absolute atomic E-state index is 12.2. The number of aromatic nitrogens is 2. The Labute approximate surface area is 174 Å². The zero-order valence-electron chi connectivity index (χ0n) is 15.9.